The van der Waals surface area contributed by atoms with Crippen LogP contribution < -0.4 is 0 Å². The Labute approximate surface area is 164 Å². The molecule has 0 radical (unpaired) electrons. The van der Waals surface area contributed by atoms with Gasteiger partial charge in [0.2, 0.25) is 5.82 Å². The van der Waals surface area contributed by atoms with Crippen LogP contribution in [0.5, 0.6) is 0 Å². The highest BCUT2D eigenvalue weighted by atomic mass is 35.5. The van der Waals surface area contributed by atoms with Gasteiger partial charge in [-0.2, -0.15) is 4.98 Å². The second-order valence-corrected chi connectivity index (χ2v) is 6.82. The van der Waals surface area contributed by atoms with Gasteiger partial charge >= 0.3 is 0 Å². The molecule has 0 aliphatic carbocycles. The van der Waals surface area contributed by atoms with E-state index in [0.717, 1.165) is 5.69 Å². The lowest BCUT2D eigenvalue weighted by atomic mass is 10.1. The number of hydrogen-bond donors (Lipinski definition) is 0. The van der Waals surface area contributed by atoms with Crippen molar-refractivity contribution >= 4 is 11.6 Å². The van der Waals surface area contributed by atoms with E-state index < -0.39 is 0 Å². The zero-order valence-electron chi connectivity index (χ0n) is 14.5. The maximum Gasteiger partial charge on any atom is 0.278 e. The van der Waals surface area contributed by atoms with Gasteiger partial charge in [-0.25, -0.2) is 9.37 Å². The number of fused-ring (bicyclic) bond motifs is 1. The first-order chi connectivity index (χ1) is 13.7. The smallest absolute Gasteiger partial charge is 0.278 e. The highest BCUT2D eigenvalue weighted by Gasteiger charge is 2.28. The lowest BCUT2D eigenvalue weighted by Gasteiger charge is -2.25. The Morgan fingerprint density at radius 1 is 1.11 bits per heavy atom. The zero-order chi connectivity index (χ0) is 19.1. The van der Waals surface area contributed by atoms with Crippen LogP contribution in [0.3, 0.4) is 0 Å². The molecule has 0 fully saturated rings. The normalized spacial score (nSPS) is 16.1. The molecule has 1 atom stereocenters. The predicted molar refractivity (Wildman–Crippen MR) is 99.9 cm³/mol. The third-order valence-corrected chi connectivity index (χ3v) is 5.06. The molecule has 2 aromatic carbocycles. The van der Waals surface area contributed by atoms with E-state index >= 15 is 0 Å². The highest BCUT2D eigenvalue weighted by Crippen LogP contribution is 2.33. The van der Waals surface area contributed by atoms with Crippen molar-refractivity contribution in [1.82, 2.24) is 19.7 Å². The van der Waals surface area contributed by atoms with Crippen LogP contribution in [0.15, 0.2) is 59.4 Å². The minimum absolute atomic E-state index is 0.262. The summed E-state index contributed by atoms with van der Waals surface area (Å²) in [7, 11) is 0. The maximum absolute atomic E-state index is 14.1. The fraction of sp³-hybridized carbons (Fsp3) is 0.150. The number of imidazole rings is 1. The van der Waals surface area contributed by atoms with Crippen LogP contribution in [-0.4, -0.2) is 19.7 Å². The topological polar surface area (TPSA) is 66.0 Å². The highest BCUT2D eigenvalue weighted by molar-refractivity contribution is 6.33. The average Bonchev–Trinajstić information content (AvgIpc) is 3.35. The Bertz CT molecular complexity index is 1160. The second-order valence-electron chi connectivity index (χ2n) is 6.42. The van der Waals surface area contributed by atoms with Crippen molar-refractivity contribution in [3.8, 4) is 23.0 Å². The summed E-state index contributed by atoms with van der Waals surface area (Å²) in [6.45, 7) is 0.715. The minimum atomic E-state index is -0.378. The molecule has 0 unspecified atom stereocenters. The summed E-state index contributed by atoms with van der Waals surface area (Å²) in [6.07, 6.45) is 1.30. The largest absolute Gasteiger partial charge is 0.365 e. The van der Waals surface area contributed by atoms with Crippen LogP contribution in [0, 0.1) is 5.82 Å². The lowest BCUT2D eigenvalue weighted by Crippen LogP contribution is -2.21. The zero-order valence-corrected chi connectivity index (χ0v) is 15.3. The minimum Gasteiger partial charge on any atom is -0.365 e. The third kappa shape index (κ3) is 2.89. The van der Waals surface area contributed by atoms with Crippen LogP contribution in [0.25, 0.3) is 23.0 Å². The number of rotatable bonds is 3. The van der Waals surface area contributed by atoms with E-state index in [-0.39, 0.29) is 24.4 Å². The molecule has 4 aromatic rings. The number of nitrogens with zero attached hydrogens (tertiary/aromatic N) is 4. The van der Waals surface area contributed by atoms with Crippen molar-refractivity contribution < 1.29 is 13.7 Å². The predicted octanol–water partition coefficient (Wildman–Crippen LogP) is 4.66. The molecule has 6 nitrogen and oxygen atoms in total. The monoisotopic (exact) mass is 396 g/mol. The molecular formula is C20H14ClFN4O2. The molecule has 0 saturated heterocycles. The number of aromatic nitrogens is 4. The third-order valence-electron chi connectivity index (χ3n) is 4.73. The van der Waals surface area contributed by atoms with E-state index in [0.29, 0.717) is 34.2 Å². The van der Waals surface area contributed by atoms with E-state index in [1.807, 2.05) is 22.8 Å². The van der Waals surface area contributed by atoms with Gasteiger partial charge in [0.05, 0.1) is 30.2 Å². The lowest BCUT2D eigenvalue weighted by molar-refractivity contribution is 0.00126. The van der Waals surface area contributed by atoms with Gasteiger partial charge in [0.25, 0.3) is 5.89 Å². The Morgan fingerprint density at radius 2 is 1.93 bits per heavy atom. The Morgan fingerprint density at radius 3 is 2.79 bits per heavy atom. The molecule has 3 heterocycles. The summed E-state index contributed by atoms with van der Waals surface area (Å²) in [5.41, 5.74) is 2.57. The molecule has 0 N–H and O–H groups in total. The molecule has 28 heavy (non-hydrogen) atoms. The first kappa shape index (κ1) is 17.1. The van der Waals surface area contributed by atoms with Gasteiger partial charge in [0, 0.05) is 11.1 Å². The molecule has 0 bridgehead atoms. The summed E-state index contributed by atoms with van der Waals surface area (Å²) >= 11 is 6.20. The first-order valence-corrected chi connectivity index (χ1v) is 9.07. The fourth-order valence-electron chi connectivity index (χ4n) is 3.30. The van der Waals surface area contributed by atoms with E-state index in [9.17, 15) is 4.39 Å². The molecule has 5 rings (SSSR count). The van der Waals surface area contributed by atoms with Gasteiger partial charge < -0.3 is 13.8 Å². The van der Waals surface area contributed by atoms with E-state index in [4.69, 9.17) is 20.9 Å². The number of benzene rings is 2. The van der Waals surface area contributed by atoms with E-state index in [1.54, 1.807) is 30.6 Å². The van der Waals surface area contributed by atoms with Gasteiger partial charge in [-0.3, -0.25) is 0 Å². The van der Waals surface area contributed by atoms with Crippen molar-refractivity contribution in [3.05, 3.63) is 77.0 Å². The SMILES string of the molecule is Fc1ccccc1[C@@H]1Cn2cnc(-c3nc(-c4ccccc4Cl)no3)c2CO1. The average molecular weight is 397 g/mol. The van der Waals surface area contributed by atoms with Gasteiger partial charge in [0.1, 0.15) is 11.9 Å². The van der Waals surface area contributed by atoms with Crippen LogP contribution in [-0.2, 0) is 17.9 Å². The molecule has 8 heteroatoms. The molecule has 2 aromatic heterocycles. The quantitative estimate of drug-likeness (QED) is 0.503. The summed E-state index contributed by atoms with van der Waals surface area (Å²) in [4.78, 5) is 8.84. The fourth-order valence-corrected chi connectivity index (χ4v) is 3.52. The van der Waals surface area contributed by atoms with Crippen molar-refractivity contribution in [3.63, 3.8) is 0 Å². The maximum atomic E-state index is 14.1. The van der Waals surface area contributed by atoms with E-state index in [2.05, 4.69) is 15.1 Å². The number of ether oxygens (including phenoxy) is 1. The van der Waals surface area contributed by atoms with Crippen molar-refractivity contribution in [1.29, 1.82) is 0 Å². The standard InChI is InChI=1S/C20H14ClFN4O2/c21-14-7-3-1-5-12(14)19-24-20(28-25-19)18-16-10-27-17(9-26(16)11-23-18)13-6-2-4-8-15(13)22/h1-8,11,17H,9-10H2/t17-/m0/s1. The summed E-state index contributed by atoms with van der Waals surface area (Å²) in [6, 6.07) is 13.9. The van der Waals surface area contributed by atoms with Gasteiger partial charge in [-0.05, 0) is 18.2 Å². The van der Waals surface area contributed by atoms with Gasteiger partial charge in [-0.15, -0.1) is 0 Å². The molecule has 1 aliphatic heterocycles. The van der Waals surface area contributed by atoms with Crippen LogP contribution in [0.1, 0.15) is 17.4 Å². The summed E-state index contributed by atoms with van der Waals surface area (Å²) in [5.74, 6) is 0.400. The van der Waals surface area contributed by atoms with Crippen LogP contribution >= 0.6 is 11.6 Å². The first-order valence-electron chi connectivity index (χ1n) is 8.69. The molecular weight excluding hydrogens is 383 g/mol. The second kappa shape index (κ2) is 6.85. The molecule has 0 spiro atoms. The number of hydrogen-bond acceptors (Lipinski definition) is 5. The Hall–Kier alpha value is -3.03. The van der Waals surface area contributed by atoms with Crippen molar-refractivity contribution in [2.75, 3.05) is 0 Å². The number of halogens is 2. The molecule has 140 valence electrons. The summed E-state index contributed by atoms with van der Waals surface area (Å²) in [5, 5.41) is 4.56. The van der Waals surface area contributed by atoms with Gasteiger partial charge in [-0.1, -0.05) is 47.1 Å². The molecule has 0 saturated carbocycles. The van der Waals surface area contributed by atoms with E-state index in [1.165, 1.54) is 6.07 Å². The molecule has 0 amide bonds. The van der Waals surface area contributed by atoms with Crippen molar-refractivity contribution in [2.45, 2.75) is 19.3 Å². The van der Waals surface area contributed by atoms with Gasteiger partial charge in [0.15, 0.2) is 5.69 Å². The Balaban J connectivity index is 1.45. The summed E-state index contributed by atoms with van der Waals surface area (Å²) < 4.78 is 27.3. The molecule has 1 aliphatic rings. The van der Waals surface area contributed by atoms with Crippen molar-refractivity contribution in [2.24, 2.45) is 0 Å². The van der Waals surface area contributed by atoms with Crippen LogP contribution in [0.2, 0.25) is 5.02 Å². The van der Waals surface area contributed by atoms with Crippen LogP contribution in [0.4, 0.5) is 4.39 Å². The Kier molecular flexibility index (Phi) is 4.18.